The molecule has 2 aromatic carbocycles. The third-order valence-electron chi connectivity index (χ3n) is 4.09. The van der Waals surface area contributed by atoms with Gasteiger partial charge in [-0.25, -0.2) is 9.18 Å². The Kier molecular flexibility index (Phi) is 8.36. The summed E-state index contributed by atoms with van der Waals surface area (Å²) < 4.78 is 19.2. The molecule has 0 saturated carbocycles. The topological polar surface area (TPSA) is 75.8 Å². The first kappa shape index (κ1) is 21.0. The zero-order chi connectivity index (χ0) is 19.6. The van der Waals surface area contributed by atoms with Crippen molar-refractivity contribution < 1.29 is 19.0 Å². The molecule has 27 heavy (non-hydrogen) atoms. The number of halogens is 2. The van der Waals surface area contributed by atoms with Crippen LogP contribution in [0.3, 0.4) is 0 Å². The molecule has 3 N–H and O–H groups in total. The summed E-state index contributed by atoms with van der Waals surface area (Å²) >= 11 is 5.74. The molecule has 5 nitrogen and oxygen atoms in total. The van der Waals surface area contributed by atoms with Gasteiger partial charge in [-0.3, -0.25) is 0 Å². The van der Waals surface area contributed by atoms with E-state index in [0.717, 1.165) is 12.0 Å². The normalized spacial score (nSPS) is 10.6. The van der Waals surface area contributed by atoms with Crippen LogP contribution in [0.25, 0.3) is 0 Å². The van der Waals surface area contributed by atoms with E-state index in [2.05, 4.69) is 0 Å². The molecule has 0 bridgehead atoms. The van der Waals surface area contributed by atoms with Crippen LogP contribution in [-0.2, 0) is 17.9 Å². The Morgan fingerprint density at radius 1 is 1.19 bits per heavy atom. The van der Waals surface area contributed by atoms with Gasteiger partial charge in [-0.2, -0.15) is 0 Å². The van der Waals surface area contributed by atoms with Crippen LogP contribution in [0.4, 0.5) is 14.9 Å². The van der Waals surface area contributed by atoms with Crippen LogP contribution in [0.2, 0.25) is 5.02 Å². The van der Waals surface area contributed by atoms with Crippen LogP contribution < -0.4 is 5.73 Å². The van der Waals surface area contributed by atoms with Crippen molar-refractivity contribution >= 4 is 23.4 Å². The Balaban J connectivity index is 2.05. The lowest BCUT2D eigenvalue weighted by atomic mass is 10.1. The van der Waals surface area contributed by atoms with E-state index in [1.54, 1.807) is 0 Å². The smallest absolute Gasteiger partial charge is 0.410 e. The van der Waals surface area contributed by atoms with Crippen LogP contribution in [-0.4, -0.2) is 29.3 Å². The number of nitrogens with two attached hydrogens (primary N) is 1. The molecule has 1 amide bonds. The third kappa shape index (κ3) is 6.73. The van der Waals surface area contributed by atoms with Gasteiger partial charge in [0.1, 0.15) is 12.4 Å². The highest BCUT2D eigenvalue weighted by molar-refractivity contribution is 6.31. The van der Waals surface area contributed by atoms with Crippen molar-refractivity contribution in [2.75, 3.05) is 18.9 Å². The molecule has 0 unspecified atom stereocenters. The maximum atomic E-state index is 13.8. The molecule has 2 aromatic rings. The van der Waals surface area contributed by atoms with Gasteiger partial charge < -0.3 is 20.5 Å². The SMILES string of the molecule is Nc1cc(Cl)c(F)cc1CN(CCCCCO)C(=O)OCc1ccccc1. The Morgan fingerprint density at radius 2 is 1.93 bits per heavy atom. The molecule has 0 fully saturated rings. The van der Waals surface area contributed by atoms with E-state index in [0.29, 0.717) is 30.6 Å². The molecule has 146 valence electrons. The van der Waals surface area contributed by atoms with E-state index in [9.17, 15) is 9.18 Å². The number of hydrogen-bond donors (Lipinski definition) is 2. The molecular formula is C20H24ClFN2O3. The Labute approximate surface area is 163 Å². The van der Waals surface area contributed by atoms with Gasteiger partial charge in [-0.1, -0.05) is 41.9 Å². The molecule has 0 heterocycles. The fraction of sp³-hybridized carbons (Fsp3) is 0.350. The Morgan fingerprint density at radius 3 is 2.63 bits per heavy atom. The van der Waals surface area contributed by atoms with E-state index in [1.807, 2.05) is 30.3 Å². The van der Waals surface area contributed by atoms with E-state index in [4.69, 9.17) is 27.2 Å². The molecule has 0 aliphatic heterocycles. The molecular weight excluding hydrogens is 371 g/mol. The minimum atomic E-state index is -0.584. The van der Waals surface area contributed by atoms with Gasteiger partial charge in [0.25, 0.3) is 0 Å². The van der Waals surface area contributed by atoms with Gasteiger partial charge in [0.15, 0.2) is 0 Å². The molecule has 0 aliphatic carbocycles. The second-order valence-corrected chi connectivity index (χ2v) is 6.62. The molecule has 0 aromatic heterocycles. The molecule has 0 aliphatic rings. The highest BCUT2D eigenvalue weighted by Gasteiger charge is 2.18. The van der Waals surface area contributed by atoms with Crippen molar-refractivity contribution in [2.24, 2.45) is 0 Å². The van der Waals surface area contributed by atoms with Crippen LogP contribution in [0, 0.1) is 5.82 Å². The quantitative estimate of drug-likeness (QED) is 0.489. The molecule has 2 rings (SSSR count). The fourth-order valence-corrected chi connectivity index (χ4v) is 2.75. The predicted molar refractivity (Wildman–Crippen MR) is 104 cm³/mol. The number of nitrogens with zero attached hydrogens (tertiary/aromatic N) is 1. The molecule has 0 saturated heterocycles. The average Bonchev–Trinajstić information content (AvgIpc) is 2.67. The van der Waals surface area contributed by atoms with E-state index >= 15 is 0 Å². The number of aliphatic hydroxyl groups excluding tert-OH is 1. The number of benzene rings is 2. The minimum absolute atomic E-state index is 0.0580. The number of hydrogen-bond acceptors (Lipinski definition) is 4. The lowest BCUT2D eigenvalue weighted by molar-refractivity contribution is 0.0928. The number of aliphatic hydroxyl groups is 1. The number of unbranched alkanes of at least 4 members (excludes halogenated alkanes) is 2. The number of nitrogen functional groups attached to an aromatic ring is 1. The number of rotatable bonds is 9. The summed E-state index contributed by atoms with van der Waals surface area (Å²) in [6.45, 7) is 0.787. The Hall–Kier alpha value is -2.31. The summed E-state index contributed by atoms with van der Waals surface area (Å²) in [7, 11) is 0. The summed E-state index contributed by atoms with van der Waals surface area (Å²) in [4.78, 5) is 14.0. The first-order valence-electron chi connectivity index (χ1n) is 8.81. The Bertz CT molecular complexity index is 744. The van der Waals surface area contributed by atoms with Crippen molar-refractivity contribution in [2.45, 2.75) is 32.4 Å². The maximum Gasteiger partial charge on any atom is 0.410 e. The van der Waals surface area contributed by atoms with E-state index in [-0.39, 0.29) is 24.8 Å². The average molecular weight is 395 g/mol. The molecule has 0 atom stereocenters. The monoisotopic (exact) mass is 394 g/mol. The zero-order valence-corrected chi connectivity index (χ0v) is 15.8. The molecule has 7 heteroatoms. The highest BCUT2D eigenvalue weighted by Crippen LogP contribution is 2.24. The van der Waals surface area contributed by atoms with Gasteiger partial charge >= 0.3 is 6.09 Å². The fourth-order valence-electron chi connectivity index (χ4n) is 2.58. The van der Waals surface area contributed by atoms with E-state index in [1.165, 1.54) is 17.0 Å². The van der Waals surface area contributed by atoms with Crippen molar-refractivity contribution in [3.63, 3.8) is 0 Å². The summed E-state index contributed by atoms with van der Waals surface area (Å²) in [5, 5.41) is 8.85. The molecule has 0 radical (unpaired) electrons. The third-order valence-corrected chi connectivity index (χ3v) is 4.38. The van der Waals surface area contributed by atoms with Gasteiger partial charge in [-0.05, 0) is 42.5 Å². The number of ether oxygens (including phenoxy) is 1. The summed E-state index contributed by atoms with van der Waals surface area (Å²) in [6.07, 6.45) is 1.61. The van der Waals surface area contributed by atoms with Crippen molar-refractivity contribution in [1.82, 2.24) is 4.90 Å². The van der Waals surface area contributed by atoms with Gasteiger partial charge in [0, 0.05) is 18.8 Å². The predicted octanol–water partition coefficient (Wildman–Crippen LogP) is 4.36. The number of anilines is 1. The van der Waals surface area contributed by atoms with Gasteiger partial charge in [0.05, 0.1) is 11.6 Å². The zero-order valence-electron chi connectivity index (χ0n) is 15.0. The van der Waals surface area contributed by atoms with Crippen LogP contribution in [0.1, 0.15) is 30.4 Å². The number of amides is 1. The van der Waals surface area contributed by atoms with Crippen molar-refractivity contribution in [1.29, 1.82) is 0 Å². The minimum Gasteiger partial charge on any atom is -0.445 e. The highest BCUT2D eigenvalue weighted by atomic mass is 35.5. The summed E-state index contributed by atoms with van der Waals surface area (Å²) in [5.41, 5.74) is 7.58. The standard InChI is InChI=1S/C20H24ClFN2O3/c21-17-12-19(23)16(11-18(17)22)13-24(9-5-2-6-10-25)20(26)27-14-15-7-3-1-4-8-15/h1,3-4,7-8,11-12,25H,2,5-6,9-10,13-14,23H2. The summed E-state index contributed by atoms with van der Waals surface area (Å²) in [5.74, 6) is -0.584. The second-order valence-electron chi connectivity index (χ2n) is 6.21. The largest absolute Gasteiger partial charge is 0.445 e. The molecule has 0 spiro atoms. The number of carbonyl (C=O) groups is 1. The lowest BCUT2D eigenvalue weighted by Crippen LogP contribution is -2.32. The first-order valence-corrected chi connectivity index (χ1v) is 9.19. The maximum absolute atomic E-state index is 13.8. The number of carbonyl (C=O) groups excluding carboxylic acids is 1. The summed E-state index contributed by atoms with van der Waals surface area (Å²) in [6, 6.07) is 11.9. The van der Waals surface area contributed by atoms with Gasteiger partial charge in [-0.15, -0.1) is 0 Å². The van der Waals surface area contributed by atoms with Crippen LogP contribution >= 0.6 is 11.6 Å². The van der Waals surface area contributed by atoms with Crippen molar-refractivity contribution in [3.8, 4) is 0 Å². The lowest BCUT2D eigenvalue weighted by Gasteiger charge is -2.23. The van der Waals surface area contributed by atoms with E-state index < -0.39 is 11.9 Å². The van der Waals surface area contributed by atoms with Crippen LogP contribution in [0.15, 0.2) is 42.5 Å². The second kappa shape index (κ2) is 10.7. The first-order chi connectivity index (χ1) is 13.0. The van der Waals surface area contributed by atoms with Gasteiger partial charge in [0.2, 0.25) is 0 Å². The van der Waals surface area contributed by atoms with Crippen LogP contribution in [0.5, 0.6) is 0 Å². The van der Waals surface area contributed by atoms with Crippen molar-refractivity contribution in [3.05, 3.63) is 64.4 Å².